The fourth-order valence-corrected chi connectivity index (χ4v) is 2.91. The average molecular weight is 281 g/mol. The third kappa shape index (κ3) is 2.95. The van der Waals surface area contributed by atoms with E-state index in [0.717, 1.165) is 31.4 Å². The van der Waals surface area contributed by atoms with Crippen LogP contribution in [0.2, 0.25) is 5.02 Å². The number of anilines is 2. The molecule has 104 valence electrons. The molecule has 4 nitrogen and oxygen atoms in total. The third-order valence-corrected chi connectivity index (χ3v) is 4.41. The van der Waals surface area contributed by atoms with E-state index >= 15 is 0 Å². The zero-order valence-electron chi connectivity index (χ0n) is 11.3. The van der Waals surface area contributed by atoms with Crippen LogP contribution in [0.4, 0.5) is 11.5 Å². The number of halogens is 1. The minimum Gasteiger partial charge on any atom is -0.397 e. The molecule has 0 bridgehead atoms. The maximum absolute atomic E-state index is 5.93. The van der Waals surface area contributed by atoms with Gasteiger partial charge in [-0.25, -0.2) is 4.98 Å². The molecule has 1 aliphatic carbocycles. The van der Waals surface area contributed by atoms with Gasteiger partial charge in [0.15, 0.2) is 0 Å². The van der Waals surface area contributed by atoms with Crippen molar-refractivity contribution in [2.45, 2.75) is 25.8 Å². The largest absolute Gasteiger partial charge is 0.397 e. The Bertz CT molecular complexity index is 461. The van der Waals surface area contributed by atoms with E-state index in [4.69, 9.17) is 17.3 Å². The van der Waals surface area contributed by atoms with Gasteiger partial charge in [-0.05, 0) is 25.7 Å². The topological polar surface area (TPSA) is 45.4 Å². The van der Waals surface area contributed by atoms with Crippen molar-refractivity contribution in [2.75, 3.05) is 36.8 Å². The number of hydrogen-bond donors (Lipinski definition) is 1. The van der Waals surface area contributed by atoms with E-state index in [1.54, 1.807) is 6.20 Å². The van der Waals surface area contributed by atoms with Gasteiger partial charge in [0.2, 0.25) is 0 Å². The third-order valence-electron chi connectivity index (χ3n) is 4.09. The van der Waals surface area contributed by atoms with Gasteiger partial charge in [0.05, 0.1) is 10.7 Å². The standard InChI is InChI=1S/C14H21ClN4/c1-10-8-18(9-11-2-3-11)4-5-19(10)14-6-13(16)12(15)7-17-14/h6-7,10-11H,2-5,8-9H2,1H3,(H2,16,17)/t10-/m0/s1. The highest BCUT2D eigenvalue weighted by Crippen LogP contribution is 2.31. The summed E-state index contributed by atoms with van der Waals surface area (Å²) in [6.45, 7) is 6.77. The maximum Gasteiger partial charge on any atom is 0.130 e. The van der Waals surface area contributed by atoms with Gasteiger partial charge in [-0.3, -0.25) is 4.90 Å². The molecule has 2 aliphatic rings. The fourth-order valence-electron chi connectivity index (χ4n) is 2.80. The van der Waals surface area contributed by atoms with Crippen molar-refractivity contribution in [1.82, 2.24) is 9.88 Å². The van der Waals surface area contributed by atoms with Crippen molar-refractivity contribution in [3.05, 3.63) is 17.3 Å². The Kier molecular flexibility index (Phi) is 3.54. The van der Waals surface area contributed by atoms with Crippen LogP contribution in [0.25, 0.3) is 0 Å². The van der Waals surface area contributed by atoms with Crippen molar-refractivity contribution < 1.29 is 0 Å². The lowest BCUT2D eigenvalue weighted by Crippen LogP contribution is -2.52. The van der Waals surface area contributed by atoms with Gasteiger partial charge < -0.3 is 10.6 Å². The zero-order chi connectivity index (χ0) is 13.4. The molecular formula is C14H21ClN4. The summed E-state index contributed by atoms with van der Waals surface area (Å²) in [7, 11) is 0. The number of nitrogens with zero attached hydrogens (tertiary/aromatic N) is 3. The molecule has 5 heteroatoms. The second-order valence-electron chi connectivity index (χ2n) is 5.81. The number of aromatic nitrogens is 1. The maximum atomic E-state index is 5.93. The Labute approximate surface area is 119 Å². The molecule has 1 atom stereocenters. The van der Waals surface area contributed by atoms with Gasteiger partial charge in [0, 0.05) is 44.5 Å². The van der Waals surface area contributed by atoms with E-state index in [1.807, 2.05) is 6.07 Å². The smallest absolute Gasteiger partial charge is 0.130 e. The zero-order valence-corrected chi connectivity index (χ0v) is 12.1. The molecule has 0 aromatic carbocycles. The van der Waals surface area contributed by atoms with Crippen LogP contribution < -0.4 is 10.6 Å². The molecule has 1 aliphatic heterocycles. The SMILES string of the molecule is C[C@H]1CN(CC2CC2)CCN1c1cc(N)c(Cl)cn1. The molecule has 0 unspecified atom stereocenters. The van der Waals surface area contributed by atoms with Crippen LogP contribution >= 0.6 is 11.6 Å². The van der Waals surface area contributed by atoms with Crippen molar-refractivity contribution in [2.24, 2.45) is 5.92 Å². The summed E-state index contributed by atoms with van der Waals surface area (Å²) in [6.07, 6.45) is 4.49. The number of piperazine rings is 1. The summed E-state index contributed by atoms with van der Waals surface area (Å²) in [5, 5.41) is 0.531. The number of pyridine rings is 1. The highest BCUT2D eigenvalue weighted by molar-refractivity contribution is 6.32. The molecule has 0 spiro atoms. The van der Waals surface area contributed by atoms with Gasteiger partial charge in [0.25, 0.3) is 0 Å². The van der Waals surface area contributed by atoms with E-state index < -0.39 is 0 Å². The molecule has 1 aromatic rings. The summed E-state index contributed by atoms with van der Waals surface area (Å²) < 4.78 is 0. The van der Waals surface area contributed by atoms with Gasteiger partial charge in [-0.1, -0.05) is 11.6 Å². The Morgan fingerprint density at radius 3 is 2.84 bits per heavy atom. The molecule has 1 saturated carbocycles. The second kappa shape index (κ2) is 5.17. The Morgan fingerprint density at radius 2 is 2.21 bits per heavy atom. The molecule has 3 rings (SSSR count). The summed E-state index contributed by atoms with van der Waals surface area (Å²) in [5.41, 5.74) is 6.48. The molecule has 2 heterocycles. The molecule has 0 amide bonds. The first kappa shape index (κ1) is 13.0. The van der Waals surface area contributed by atoms with Crippen molar-refractivity contribution >= 4 is 23.1 Å². The van der Waals surface area contributed by atoms with Gasteiger partial charge >= 0.3 is 0 Å². The van der Waals surface area contributed by atoms with Gasteiger partial charge in [-0.15, -0.1) is 0 Å². The van der Waals surface area contributed by atoms with Crippen molar-refractivity contribution in [1.29, 1.82) is 0 Å². The number of rotatable bonds is 3. The van der Waals surface area contributed by atoms with E-state index in [0.29, 0.717) is 16.8 Å². The second-order valence-corrected chi connectivity index (χ2v) is 6.22. The summed E-state index contributed by atoms with van der Waals surface area (Å²) in [4.78, 5) is 9.32. The molecule has 2 fully saturated rings. The Balaban J connectivity index is 1.66. The predicted molar refractivity (Wildman–Crippen MR) is 79.6 cm³/mol. The Hall–Kier alpha value is -1.00. The normalized spacial score (nSPS) is 24.7. The van der Waals surface area contributed by atoms with Gasteiger partial charge in [0.1, 0.15) is 5.82 Å². The molecular weight excluding hydrogens is 260 g/mol. The molecule has 19 heavy (non-hydrogen) atoms. The van der Waals surface area contributed by atoms with E-state index in [-0.39, 0.29) is 0 Å². The predicted octanol–water partition coefficient (Wildman–Crippen LogP) is 2.24. The van der Waals surface area contributed by atoms with Crippen LogP contribution in [-0.4, -0.2) is 42.1 Å². The molecule has 1 aromatic heterocycles. The number of nitrogen functional groups attached to an aromatic ring is 1. The Morgan fingerprint density at radius 1 is 1.42 bits per heavy atom. The summed E-state index contributed by atoms with van der Waals surface area (Å²) in [5.74, 6) is 1.91. The highest BCUT2D eigenvalue weighted by Gasteiger charge is 2.29. The van der Waals surface area contributed by atoms with Crippen LogP contribution in [-0.2, 0) is 0 Å². The van der Waals surface area contributed by atoms with Crippen LogP contribution in [0.3, 0.4) is 0 Å². The van der Waals surface area contributed by atoms with Gasteiger partial charge in [-0.2, -0.15) is 0 Å². The lowest BCUT2D eigenvalue weighted by Gasteiger charge is -2.40. The first-order chi connectivity index (χ1) is 9.13. The van der Waals surface area contributed by atoms with E-state index in [9.17, 15) is 0 Å². The first-order valence-electron chi connectivity index (χ1n) is 7.03. The number of hydrogen-bond acceptors (Lipinski definition) is 4. The highest BCUT2D eigenvalue weighted by atomic mass is 35.5. The average Bonchev–Trinajstić information content (AvgIpc) is 3.17. The van der Waals surface area contributed by atoms with Crippen LogP contribution in [0.1, 0.15) is 19.8 Å². The summed E-state index contributed by atoms with van der Waals surface area (Å²) in [6, 6.07) is 2.36. The summed E-state index contributed by atoms with van der Waals surface area (Å²) >= 11 is 5.93. The lowest BCUT2D eigenvalue weighted by molar-refractivity contribution is 0.220. The first-order valence-corrected chi connectivity index (χ1v) is 7.41. The fraction of sp³-hybridized carbons (Fsp3) is 0.643. The molecule has 1 saturated heterocycles. The van der Waals surface area contributed by atoms with E-state index in [1.165, 1.54) is 19.4 Å². The molecule has 2 N–H and O–H groups in total. The van der Waals surface area contributed by atoms with Crippen LogP contribution in [0.15, 0.2) is 12.3 Å². The van der Waals surface area contributed by atoms with Crippen molar-refractivity contribution in [3.8, 4) is 0 Å². The van der Waals surface area contributed by atoms with Crippen LogP contribution in [0, 0.1) is 5.92 Å². The minimum atomic E-state index is 0.473. The lowest BCUT2D eigenvalue weighted by atomic mass is 10.1. The monoisotopic (exact) mass is 280 g/mol. The quantitative estimate of drug-likeness (QED) is 0.922. The van der Waals surface area contributed by atoms with Crippen LogP contribution in [0.5, 0.6) is 0 Å². The minimum absolute atomic E-state index is 0.473. The van der Waals surface area contributed by atoms with E-state index in [2.05, 4.69) is 21.7 Å². The number of nitrogens with two attached hydrogens (primary N) is 1. The molecule has 0 radical (unpaired) electrons. The van der Waals surface area contributed by atoms with Crippen molar-refractivity contribution in [3.63, 3.8) is 0 Å².